The molecule has 0 bridgehead atoms. The molecule has 76 valence electrons. The van der Waals surface area contributed by atoms with Crippen molar-refractivity contribution in [3.05, 3.63) is 29.6 Å². The Balaban J connectivity index is 2.38. The Kier molecular flexibility index (Phi) is 2.34. The van der Waals surface area contributed by atoms with Crippen LogP contribution in [0.25, 0.3) is 0 Å². The van der Waals surface area contributed by atoms with Crippen LogP contribution in [0.4, 0.5) is 0 Å². The van der Waals surface area contributed by atoms with Gasteiger partial charge in [0.25, 0.3) is 0 Å². The number of hydrogen-bond acceptors (Lipinski definition) is 1. The third-order valence-corrected chi connectivity index (χ3v) is 3.14. The van der Waals surface area contributed by atoms with Crippen LogP contribution >= 0.6 is 0 Å². The van der Waals surface area contributed by atoms with Crippen molar-refractivity contribution in [3.63, 3.8) is 0 Å². The molecule has 0 saturated heterocycles. The molecule has 0 radical (unpaired) electrons. The first-order valence-electron chi connectivity index (χ1n) is 5.54. The monoisotopic (exact) mass is 189 g/mol. The smallest absolute Gasteiger partial charge is 0.0471 e. The minimum Gasteiger partial charge on any atom is -0.261 e. The Morgan fingerprint density at radius 2 is 2.00 bits per heavy atom. The van der Waals surface area contributed by atoms with E-state index in [0.29, 0.717) is 0 Å². The Labute approximate surface area is 86.6 Å². The zero-order chi connectivity index (χ0) is 10.2. The van der Waals surface area contributed by atoms with Gasteiger partial charge in [0.05, 0.1) is 0 Å². The van der Waals surface area contributed by atoms with Gasteiger partial charge in [-0.15, -0.1) is 0 Å². The van der Waals surface area contributed by atoms with Crippen LogP contribution in [0.2, 0.25) is 0 Å². The second kappa shape index (κ2) is 3.38. The summed E-state index contributed by atoms with van der Waals surface area (Å²) in [5, 5.41) is 0. The molecule has 1 aliphatic rings. The number of aromatic nitrogens is 1. The molecule has 0 aromatic carbocycles. The van der Waals surface area contributed by atoms with Gasteiger partial charge in [-0.2, -0.15) is 0 Å². The van der Waals surface area contributed by atoms with Crippen molar-refractivity contribution in [2.24, 2.45) is 0 Å². The lowest BCUT2D eigenvalue weighted by Crippen LogP contribution is -2.20. The van der Waals surface area contributed by atoms with Gasteiger partial charge in [0.1, 0.15) is 0 Å². The van der Waals surface area contributed by atoms with Crippen LogP contribution in [0.5, 0.6) is 0 Å². The van der Waals surface area contributed by atoms with Crippen molar-refractivity contribution < 1.29 is 0 Å². The molecule has 1 saturated carbocycles. The van der Waals surface area contributed by atoms with Gasteiger partial charge >= 0.3 is 0 Å². The van der Waals surface area contributed by atoms with E-state index in [1.807, 2.05) is 6.20 Å². The first-order valence-corrected chi connectivity index (χ1v) is 5.54. The first-order chi connectivity index (χ1) is 6.59. The maximum absolute atomic E-state index is 4.57. The summed E-state index contributed by atoms with van der Waals surface area (Å²) < 4.78 is 0. The van der Waals surface area contributed by atoms with Crippen LogP contribution in [0.3, 0.4) is 0 Å². The average Bonchev–Trinajstić information content (AvgIpc) is 2.00. The van der Waals surface area contributed by atoms with E-state index in [2.05, 4.69) is 37.9 Å². The molecule has 0 atom stereocenters. The third-order valence-electron chi connectivity index (χ3n) is 3.14. The van der Waals surface area contributed by atoms with Gasteiger partial charge in [-0.25, -0.2) is 0 Å². The molecule has 0 unspecified atom stereocenters. The first kappa shape index (κ1) is 9.70. The molecule has 0 spiro atoms. The predicted molar refractivity (Wildman–Crippen MR) is 59.5 cm³/mol. The van der Waals surface area contributed by atoms with Gasteiger partial charge in [0.2, 0.25) is 0 Å². The Morgan fingerprint density at radius 1 is 1.29 bits per heavy atom. The molecule has 1 aliphatic carbocycles. The van der Waals surface area contributed by atoms with E-state index in [0.717, 1.165) is 5.92 Å². The molecule has 0 N–H and O–H groups in total. The van der Waals surface area contributed by atoms with Crippen LogP contribution in [-0.2, 0) is 5.41 Å². The zero-order valence-electron chi connectivity index (χ0n) is 9.38. The van der Waals surface area contributed by atoms with Gasteiger partial charge in [-0.1, -0.05) is 33.3 Å². The standard InChI is InChI=1S/C13H19N/c1-13(2,3)11-8-5-9-14-12(11)10-6-4-7-10/h5,8-10H,4,6-7H2,1-3H3. The van der Waals surface area contributed by atoms with Crippen molar-refractivity contribution in [3.8, 4) is 0 Å². The van der Waals surface area contributed by atoms with Crippen molar-refractivity contribution in [1.29, 1.82) is 0 Å². The number of rotatable bonds is 1. The van der Waals surface area contributed by atoms with Crippen molar-refractivity contribution in [2.45, 2.75) is 51.4 Å². The maximum atomic E-state index is 4.57. The lowest BCUT2D eigenvalue weighted by atomic mass is 9.76. The fourth-order valence-electron chi connectivity index (χ4n) is 2.06. The van der Waals surface area contributed by atoms with E-state index < -0.39 is 0 Å². The molecular formula is C13H19N. The summed E-state index contributed by atoms with van der Waals surface area (Å²) in [6, 6.07) is 4.30. The molecule has 14 heavy (non-hydrogen) atoms. The summed E-state index contributed by atoms with van der Waals surface area (Å²) in [5.41, 5.74) is 3.02. The molecular weight excluding hydrogens is 170 g/mol. The third kappa shape index (κ3) is 1.68. The SMILES string of the molecule is CC(C)(C)c1cccnc1C1CCC1. The number of hydrogen-bond donors (Lipinski definition) is 0. The van der Waals surface area contributed by atoms with E-state index in [-0.39, 0.29) is 5.41 Å². The van der Waals surface area contributed by atoms with Gasteiger partial charge < -0.3 is 0 Å². The summed E-state index contributed by atoms with van der Waals surface area (Å²) in [6.07, 6.45) is 5.98. The molecule has 1 nitrogen and oxygen atoms in total. The highest BCUT2D eigenvalue weighted by molar-refractivity contribution is 5.30. The molecule has 1 aromatic heterocycles. The fraction of sp³-hybridized carbons (Fsp3) is 0.615. The van der Waals surface area contributed by atoms with Gasteiger partial charge in [0, 0.05) is 17.8 Å². The van der Waals surface area contributed by atoms with Crippen LogP contribution in [-0.4, -0.2) is 4.98 Å². The van der Waals surface area contributed by atoms with Crippen LogP contribution in [0.15, 0.2) is 18.3 Å². The van der Waals surface area contributed by atoms with Gasteiger partial charge in [-0.05, 0) is 29.9 Å². The fourth-order valence-corrected chi connectivity index (χ4v) is 2.06. The van der Waals surface area contributed by atoms with Gasteiger partial charge in [-0.3, -0.25) is 4.98 Å². The Bertz CT molecular complexity index is 318. The molecule has 1 fully saturated rings. The molecule has 2 rings (SSSR count). The zero-order valence-corrected chi connectivity index (χ0v) is 9.38. The quantitative estimate of drug-likeness (QED) is 0.657. The maximum Gasteiger partial charge on any atom is 0.0471 e. The Hall–Kier alpha value is -0.850. The summed E-state index contributed by atoms with van der Waals surface area (Å²) in [7, 11) is 0. The van der Waals surface area contributed by atoms with Crippen molar-refractivity contribution in [1.82, 2.24) is 4.98 Å². The summed E-state index contributed by atoms with van der Waals surface area (Å²) in [5.74, 6) is 0.741. The summed E-state index contributed by atoms with van der Waals surface area (Å²) >= 11 is 0. The van der Waals surface area contributed by atoms with E-state index >= 15 is 0 Å². The molecule has 1 aromatic rings. The summed E-state index contributed by atoms with van der Waals surface area (Å²) in [4.78, 5) is 4.57. The highest BCUT2D eigenvalue weighted by Gasteiger charge is 2.27. The second-order valence-corrected chi connectivity index (χ2v) is 5.31. The Morgan fingerprint density at radius 3 is 2.50 bits per heavy atom. The normalized spacial score (nSPS) is 17.9. The highest BCUT2D eigenvalue weighted by atomic mass is 14.7. The number of nitrogens with zero attached hydrogens (tertiary/aromatic N) is 1. The van der Waals surface area contributed by atoms with Crippen LogP contribution in [0.1, 0.15) is 57.2 Å². The lowest BCUT2D eigenvalue weighted by molar-refractivity contribution is 0.401. The highest BCUT2D eigenvalue weighted by Crippen LogP contribution is 2.39. The second-order valence-electron chi connectivity index (χ2n) is 5.31. The van der Waals surface area contributed by atoms with E-state index in [1.54, 1.807) is 0 Å². The molecule has 0 amide bonds. The average molecular weight is 189 g/mol. The van der Waals surface area contributed by atoms with E-state index in [1.165, 1.54) is 30.5 Å². The molecule has 1 heteroatoms. The van der Waals surface area contributed by atoms with Crippen molar-refractivity contribution >= 4 is 0 Å². The van der Waals surface area contributed by atoms with Crippen LogP contribution in [0, 0.1) is 0 Å². The van der Waals surface area contributed by atoms with E-state index in [4.69, 9.17) is 0 Å². The van der Waals surface area contributed by atoms with Gasteiger partial charge in [0.15, 0.2) is 0 Å². The lowest BCUT2D eigenvalue weighted by Gasteiger charge is -2.30. The van der Waals surface area contributed by atoms with Crippen molar-refractivity contribution in [2.75, 3.05) is 0 Å². The largest absolute Gasteiger partial charge is 0.261 e. The van der Waals surface area contributed by atoms with Crippen LogP contribution < -0.4 is 0 Å². The minimum absolute atomic E-state index is 0.235. The number of pyridine rings is 1. The topological polar surface area (TPSA) is 12.9 Å². The minimum atomic E-state index is 0.235. The molecule has 0 aliphatic heterocycles. The predicted octanol–water partition coefficient (Wildman–Crippen LogP) is 3.65. The van der Waals surface area contributed by atoms with E-state index in [9.17, 15) is 0 Å². The summed E-state index contributed by atoms with van der Waals surface area (Å²) in [6.45, 7) is 6.81. The molecule has 1 heterocycles.